The molecule has 1 aromatic rings. The van der Waals surface area contributed by atoms with Gasteiger partial charge >= 0.3 is 0 Å². The van der Waals surface area contributed by atoms with Crippen molar-refractivity contribution in [3.8, 4) is 5.75 Å². The van der Waals surface area contributed by atoms with E-state index in [-0.39, 0.29) is 10.8 Å². The van der Waals surface area contributed by atoms with Gasteiger partial charge in [0.1, 0.15) is 10.6 Å². The Morgan fingerprint density at radius 2 is 1.22 bits per heavy atom. The molecule has 0 radical (unpaired) electrons. The fourth-order valence-electron chi connectivity index (χ4n) is 1.93. The molecule has 0 unspecified atom stereocenters. The lowest BCUT2D eigenvalue weighted by Gasteiger charge is -2.28. The molecule has 0 aromatic heterocycles. The number of aromatic hydroxyl groups is 1. The van der Waals surface area contributed by atoms with Crippen LogP contribution in [0.1, 0.15) is 63.1 Å². The van der Waals surface area contributed by atoms with Crippen molar-refractivity contribution >= 4 is 23.2 Å². The Kier molecular flexibility index (Phi) is 4.30. The molecule has 0 bridgehead atoms. The standard InChI is InChI=1S/C15H22Cl2O/c1-14(2,3)10-7-9(13(16)17)8-11(12(10)18)15(4,5)6/h7-8,13,18H,1-6H3. The van der Waals surface area contributed by atoms with Gasteiger partial charge in [-0.15, -0.1) is 23.2 Å². The molecule has 0 saturated heterocycles. The molecule has 0 amide bonds. The third-order valence-corrected chi connectivity index (χ3v) is 3.50. The molecule has 1 aromatic carbocycles. The summed E-state index contributed by atoms with van der Waals surface area (Å²) in [6.45, 7) is 12.4. The van der Waals surface area contributed by atoms with Crippen LogP contribution in [0.25, 0.3) is 0 Å². The lowest BCUT2D eigenvalue weighted by atomic mass is 9.78. The highest BCUT2D eigenvalue weighted by Crippen LogP contribution is 2.42. The molecule has 3 heteroatoms. The van der Waals surface area contributed by atoms with E-state index in [1.807, 2.05) is 12.1 Å². The SMILES string of the molecule is CC(C)(C)c1cc(C(Cl)Cl)cc(C(C)(C)C)c1O. The molecule has 1 rings (SSSR count). The summed E-state index contributed by atoms with van der Waals surface area (Å²) >= 11 is 12.0. The lowest BCUT2D eigenvalue weighted by molar-refractivity contribution is 0.423. The Morgan fingerprint density at radius 3 is 1.44 bits per heavy atom. The fourth-order valence-corrected chi connectivity index (χ4v) is 2.18. The minimum Gasteiger partial charge on any atom is -0.507 e. The second-order valence-corrected chi connectivity index (χ2v) is 7.86. The van der Waals surface area contributed by atoms with Gasteiger partial charge in [-0.1, -0.05) is 41.5 Å². The maximum atomic E-state index is 10.5. The molecule has 0 aliphatic heterocycles. The Morgan fingerprint density at radius 1 is 0.889 bits per heavy atom. The first-order chi connectivity index (χ1) is 7.94. The third-order valence-electron chi connectivity index (χ3n) is 3.00. The minimum atomic E-state index is -0.576. The molecule has 0 heterocycles. The largest absolute Gasteiger partial charge is 0.507 e. The summed E-state index contributed by atoms with van der Waals surface area (Å²) in [6, 6.07) is 3.80. The summed E-state index contributed by atoms with van der Waals surface area (Å²) in [5, 5.41) is 10.5. The predicted molar refractivity (Wildman–Crippen MR) is 80.0 cm³/mol. The number of hydrogen-bond acceptors (Lipinski definition) is 1. The maximum absolute atomic E-state index is 10.5. The average molecular weight is 289 g/mol. The number of halogens is 2. The van der Waals surface area contributed by atoms with Crippen LogP contribution in [0.3, 0.4) is 0 Å². The van der Waals surface area contributed by atoms with Crippen LogP contribution >= 0.6 is 23.2 Å². The molecule has 18 heavy (non-hydrogen) atoms. The summed E-state index contributed by atoms with van der Waals surface area (Å²) in [5.74, 6) is 0.354. The molecule has 1 N–H and O–H groups in total. The molecule has 1 nitrogen and oxygen atoms in total. The van der Waals surface area contributed by atoms with E-state index in [0.29, 0.717) is 5.75 Å². The van der Waals surface area contributed by atoms with Gasteiger partial charge in [-0.3, -0.25) is 0 Å². The Balaban J connectivity index is 3.59. The van der Waals surface area contributed by atoms with Gasteiger partial charge in [-0.2, -0.15) is 0 Å². The van der Waals surface area contributed by atoms with Gasteiger partial charge in [-0.25, -0.2) is 0 Å². The number of rotatable bonds is 1. The number of benzene rings is 1. The van der Waals surface area contributed by atoms with Gasteiger partial charge in [0.05, 0.1) is 0 Å². The number of phenolic OH excluding ortho intramolecular Hbond substituents is 1. The van der Waals surface area contributed by atoms with E-state index in [9.17, 15) is 5.11 Å². The van der Waals surface area contributed by atoms with Crippen molar-refractivity contribution in [2.45, 2.75) is 57.2 Å². The van der Waals surface area contributed by atoms with Crippen molar-refractivity contribution in [1.82, 2.24) is 0 Å². The van der Waals surface area contributed by atoms with Crippen LogP contribution in [0.4, 0.5) is 0 Å². The van der Waals surface area contributed by atoms with Gasteiger partial charge < -0.3 is 5.11 Å². The van der Waals surface area contributed by atoms with E-state index in [1.54, 1.807) is 0 Å². The summed E-state index contributed by atoms with van der Waals surface area (Å²) in [4.78, 5) is -0.576. The molecule has 0 atom stereocenters. The van der Waals surface area contributed by atoms with Gasteiger partial charge in [0.15, 0.2) is 0 Å². The maximum Gasteiger partial charge on any atom is 0.132 e. The zero-order valence-electron chi connectivity index (χ0n) is 11.9. The topological polar surface area (TPSA) is 20.2 Å². The van der Waals surface area contributed by atoms with E-state index in [0.717, 1.165) is 16.7 Å². The van der Waals surface area contributed by atoms with Crippen molar-refractivity contribution in [2.24, 2.45) is 0 Å². The molecule has 0 fully saturated rings. The lowest BCUT2D eigenvalue weighted by Crippen LogP contribution is -2.17. The number of phenols is 1. The molecule has 0 aliphatic carbocycles. The van der Waals surface area contributed by atoms with E-state index in [1.165, 1.54) is 0 Å². The molecule has 0 saturated carbocycles. The van der Waals surface area contributed by atoms with Gasteiger partial charge in [0.2, 0.25) is 0 Å². The zero-order valence-corrected chi connectivity index (χ0v) is 13.4. The normalized spacial score (nSPS) is 13.2. The van der Waals surface area contributed by atoms with Crippen molar-refractivity contribution in [1.29, 1.82) is 0 Å². The number of alkyl halides is 2. The zero-order chi connectivity index (χ0) is 14.3. The third kappa shape index (κ3) is 3.33. The molecule has 0 spiro atoms. The first kappa shape index (κ1) is 15.7. The predicted octanol–water partition coefficient (Wildman–Crippen LogP) is 5.46. The molecular weight excluding hydrogens is 267 g/mol. The average Bonchev–Trinajstić information content (AvgIpc) is 2.13. The highest BCUT2D eigenvalue weighted by Gasteiger charge is 2.27. The van der Waals surface area contributed by atoms with Crippen molar-refractivity contribution in [2.75, 3.05) is 0 Å². The molecule has 102 valence electrons. The van der Waals surface area contributed by atoms with Crippen LogP contribution in [0.15, 0.2) is 12.1 Å². The summed E-state index contributed by atoms with van der Waals surface area (Å²) in [6.07, 6.45) is 0. The first-order valence-corrected chi connectivity index (χ1v) is 6.98. The van der Waals surface area contributed by atoms with Crippen molar-refractivity contribution in [3.05, 3.63) is 28.8 Å². The van der Waals surface area contributed by atoms with E-state index < -0.39 is 4.84 Å². The van der Waals surface area contributed by atoms with Gasteiger partial charge in [0.25, 0.3) is 0 Å². The Bertz CT molecular complexity index is 402. The minimum absolute atomic E-state index is 0.150. The van der Waals surface area contributed by atoms with Crippen LogP contribution < -0.4 is 0 Å². The fraction of sp³-hybridized carbons (Fsp3) is 0.600. The smallest absolute Gasteiger partial charge is 0.132 e. The van der Waals surface area contributed by atoms with Crippen LogP contribution in [0.5, 0.6) is 5.75 Å². The second kappa shape index (κ2) is 4.94. The quantitative estimate of drug-likeness (QED) is 0.680. The van der Waals surface area contributed by atoms with Crippen molar-refractivity contribution in [3.63, 3.8) is 0 Å². The molecule has 0 aliphatic rings. The van der Waals surface area contributed by atoms with Crippen LogP contribution in [-0.4, -0.2) is 5.11 Å². The monoisotopic (exact) mass is 288 g/mol. The Labute approximate surface area is 120 Å². The second-order valence-electron chi connectivity index (χ2n) is 6.77. The summed E-state index contributed by atoms with van der Waals surface area (Å²) < 4.78 is 0. The van der Waals surface area contributed by atoms with E-state index >= 15 is 0 Å². The van der Waals surface area contributed by atoms with E-state index in [2.05, 4.69) is 41.5 Å². The highest BCUT2D eigenvalue weighted by atomic mass is 35.5. The first-order valence-electron chi connectivity index (χ1n) is 6.10. The van der Waals surface area contributed by atoms with Gasteiger partial charge in [-0.05, 0) is 39.7 Å². The summed E-state index contributed by atoms with van der Waals surface area (Å²) in [5.41, 5.74) is 2.31. The summed E-state index contributed by atoms with van der Waals surface area (Å²) in [7, 11) is 0. The van der Waals surface area contributed by atoms with Crippen molar-refractivity contribution < 1.29 is 5.11 Å². The number of hydrogen-bond donors (Lipinski definition) is 1. The van der Waals surface area contributed by atoms with Crippen LogP contribution in [0, 0.1) is 0 Å². The van der Waals surface area contributed by atoms with Crippen LogP contribution in [0.2, 0.25) is 0 Å². The molecular formula is C15H22Cl2O. The van der Waals surface area contributed by atoms with Crippen LogP contribution in [-0.2, 0) is 10.8 Å². The van der Waals surface area contributed by atoms with Gasteiger partial charge in [0, 0.05) is 0 Å². The Hall–Kier alpha value is -0.400. The van der Waals surface area contributed by atoms with E-state index in [4.69, 9.17) is 23.2 Å². The highest BCUT2D eigenvalue weighted by molar-refractivity contribution is 6.44.